The van der Waals surface area contributed by atoms with E-state index in [9.17, 15) is 20.4 Å². The lowest BCUT2D eigenvalue weighted by Crippen LogP contribution is -2.60. The van der Waals surface area contributed by atoms with Crippen molar-refractivity contribution in [2.24, 2.45) is 0 Å². The van der Waals surface area contributed by atoms with E-state index in [1.807, 2.05) is 61.5 Å². The number of aromatic amines is 1. The second kappa shape index (κ2) is 10.3. The van der Waals surface area contributed by atoms with Crippen molar-refractivity contribution >= 4 is 0 Å². The molecule has 2 heterocycles. The molecule has 0 bridgehead atoms. The van der Waals surface area contributed by atoms with Crippen molar-refractivity contribution in [3.8, 4) is 22.9 Å². The SMILES string of the molecule is CCOc1ccc(Cc2c(O[C@@H]3O[C@H](CO)[C@@H](O)[C@H](O)[C@H]3O)n[nH]c2-c2ccccc2)cc1. The Morgan fingerprint density at radius 3 is 2.36 bits per heavy atom. The van der Waals surface area contributed by atoms with E-state index in [1.54, 1.807) is 0 Å². The van der Waals surface area contributed by atoms with Crippen LogP contribution < -0.4 is 9.47 Å². The number of nitrogens with one attached hydrogen (secondary N) is 1. The zero-order valence-electron chi connectivity index (χ0n) is 18.2. The smallest absolute Gasteiger partial charge is 0.239 e. The summed E-state index contributed by atoms with van der Waals surface area (Å²) in [7, 11) is 0. The van der Waals surface area contributed by atoms with Crippen LogP contribution in [0.25, 0.3) is 11.3 Å². The number of H-pyrrole nitrogens is 1. The molecule has 0 unspecified atom stereocenters. The summed E-state index contributed by atoms with van der Waals surface area (Å²) in [5, 5.41) is 47.2. The van der Waals surface area contributed by atoms with Gasteiger partial charge in [0.1, 0.15) is 30.2 Å². The van der Waals surface area contributed by atoms with E-state index in [1.165, 1.54) is 0 Å². The summed E-state index contributed by atoms with van der Waals surface area (Å²) in [5.41, 5.74) is 3.34. The molecule has 0 radical (unpaired) electrons. The maximum atomic E-state index is 10.4. The third-order valence-corrected chi connectivity index (χ3v) is 5.58. The number of benzene rings is 2. The van der Waals surface area contributed by atoms with E-state index in [4.69, 9.17) is 14.2 Å². The van der Waals surface area contributed by atoms with Crippen LogP contribution in [0.1, 0.15) is 18.1 Å². The first-order valence-electron chi connectivity index (χ1n) is 10.8. The number of hydrogen-bond acceptors (Lipinski definition) is 8. The molecule has 176 valence electrons. The Balaban J connectivity index is 1.64. The van der Waals surface area contributed by atoms with Gasteiger partial charge < -0.3 is 34.6 Å². The maximum absolute atomic E-state index is 10.4. The van der Waals surface area contributed by atoms with Crippen LogP contribution in [0.2, 0.25) is 0 Å². The third-order valence-electron chi connectivity index (χ3n) is 5.58. The van der Waals surface area contributed by atoms with E-state index in [0.717, 1.165) is 28.1 Å². The monoisotopic (exact) mass is 456 g/mol. The van der Waals surface area contributed by atoms with Gasteiger partial charge in [-0.15, -0.1) is 5.10 Å². The molecule has 0 saturated carbocycles. The van der Waals surface area contributed by atoms with Crippen molar-refractivity contribution in [3.05, 3.63) is 65.7 Å². The molecule has 1 saturated heterocycles. The third kappa shape index (κ3) is 5.02. The Hall–Kier alpha value is -2.95. The zero-order valence-corrected chi connectivity index (χ0v) is 18.2. The van der Waals surface area contributed by atoms with Crippen molar-refractivity contribution in [2.75, 3.05) is 13.2 Å². The fourth-order valence-electron chi connectivity index (χ4n) is 3.80. The molecule has 1 fully saturated rings. The molecule has 5 N–H and O–H groups in total. The minimum absolute atomic E-state index is 0.187. The summed E-state index contributed by atoms with van der Waals surface area (Å²) in [5.74, 6) is 0.960. The minimum atomic E-state index is -1.54. The molecule has 0 spiro atoms. The maximum Gasteiger partial charge on any atom is 0.239 e. The van der Waals surface area contributed by atoms with Crippen LogP contribution in [-0.2, 0) is 11.2 Å². The van der Waals surface area contributed by atoms with Gasteiger partial charge in [0, 0.05) is 12.0 Å². The average Bonchev–Trinajstić information content (AvgIpc) is 3.23. The zero-order chi connectivity index (χ0) is 23.4. The number of aromatic nitrogens is 2. The van der Waals surface area contributed by atoms with Gasteiger partial charge in [0.05, 0.1) is 18.9 Å². The van der Waals surface area contributed by atoms with E-state index < -0.39 is 37.3 Å². The van der Waals surface area contributed by atoms with Crippen molar-refractivity contribution < 1.29 is 34.6 Å². The number of aliphatic hydroxyl groups is 4. The van der Waals surface area contributed by atoms with Crippen LogP contribution in [0.5, 0.6) is 11.6 Å². The first kappa shape index (κ1) is 23.2. The summed E-state index contributed by atoms with van der Waals surface area (Å²) in [4.78, 5) is 0. The highest BCUT2D eigenvalue weighted by Gasteiger charge is 2.45. The van der Waals surface area contributed by atoms with E-state index in [-0.39, 0.29) is 5.88 Å². The van der Waals surface area contributed by atoms with Gasteiger partial charge in [0.15, 0.2) is 0 Å². The molecule has 1 aliphatic heterocycles. The van der Waals surface area contributed by atoms with Gasteiger partial charge in [-0.25, -0.2) is 0 Å². The lowest BCUT2D eigenvalue weighted by Gasteiger charge is -2.39. The van der Waals surface area contributed by atoms with E-state index >= 15 is 0 Å². The molecule has 33 heavy (non-hydrogen) atoms. The van der Waals surface area contributed by atoms with Crippen LogP contribution in [0.4, 0.5) is 0 Å². The first-order chi connectivity index (χ1) is 16.0. The molecule has 0 amide bonds. The van der Waals surface area contributed by atoms with Gasteiger partial charge in [-0.3, -0.25) is 5.10 Å². The Morgan fingerprint density at radius 1 is 0.970 bits per heavy atom. The highest BCUT2D eigenvalue weighted by molar-refractivity contribution is 5.66. The lowest BCUT2D eigenvalue weighted by molar-refractivity contribution is -0.278. The lowest BCUT2D eigenvalue weighted by atomic mass is 9.99. The predicted octanol–water partition coefficient (Wildman–Crippen LogP) is 1.24. The fraction of sp³-hybridized carbons (Fsp3) is 0.375. The van der Waals surface area contributed by atoms with Gasteiger partial charge in [-0.1, -0.05) is 42.5 Å². The molecule has 0 aliphatic carbocycles. The standard InChI is InChI=1S/C24H28N2O7/c1-2-31-16-10-8-14(9-11-16)12-17-19(15-6-4-3-5-7-15)25-26-23(17)33-24-22(30)21(29)20(28)18(13-27)32-24/h3-11,18,20-22,24,27-30H,2,12-13H2,1H3,(H,25,26)/t18-,20-,21+,22-,24+/m1/s1. The summed E-state index contributed by atoms with van der Waals surface area (Å²) >= 11 is 0. The largest absolute Gasteiger partial charge is 0.494 e. The van der Waals surface area contributed by atoms with Crippen LogP contribution >= 0.6 is 0 Å². The van der Waals surface area contributed by atoms with E-state index in [2.05, 4.69) is 10.2 Å². The second-order valence-corrected chi connectivity index (χ2v) is 7.82. The Morgan fingerprint density at radius 2 is 1.70 bits per heavy atom. The summed E-state index contributed by atoms with van der Waals surface area (Å²) in [6, 6.07) is 17.3. The number of ether oxygens (including phenoxy) is 3. The number of hydrogen-bond donors (Lipinski definition) is 5. The van der Waals surface area contributed by atoms with Crippen LogP contribution in [-0.4, -0.2) is 74.5 Å². The van der Waals surface area contributed by atoms with Gasteiger partial charge in [0.25, 0.3) is 0 Å². The molecule has 1 aromatic heterocycles. The van der Waals surface area contributed by atoms with Crippen molar-refractivity contribution in [1.29, 1.82) is 0 Å². The fourth-order valence-corrected chi connectivity index (χ4v) is 3.80. The molecule has 1 aliphatic rings. The average molecular weight is 456 g/mol. The van der Waals surface area contributed by atoms with Crippen molar-refractivity contribution in [1.82, 2.24) is 10.2 Å². The Kier molecular flexibility index (Phi) is 7.26. The van der Waals surface area contributed by atoms with Crippen LogP contribution in [0.15, 0.2) is 54.6 Å². The summed E-state index contributed by atoms with van der Waals surface area (Å²) in [6.07, 6.45) is -6.48. The molecule has 9 nitrogen and oxygen atoms in total. The Labute approximate surface area is 191 Å². The molecule has 5 atom stereocenters. The summed E-state index contributed by atoms with van der Waals surface area (Å²) < 4.78 is 16.9. The minimum Gasteiger partial charge on any atom is -0.494 e. The number of rotatable bonds is 8. The quantitative estimate of drug-likeness (QED) is 0.342. The van der Waals surface area contributed by atoms with Gasteiger partial charge >= 0.3 is 0 Å². The normalized spacial score (nSPS) is 25.1. The van der Waals surface area contributed by atoms with Gasteiger partial charge in [-0.05, 0) is 30.2 Å². The Bertz CT molecular complexity index is 1020. The molecule has 9 heteroatoms. The van der Waals surface area contributed by atoms with Crippen LogP contribution in [0, 0.1) is 0 Å². The predicted molar refractivity (Wildman–Crippen MR) is 119 cm³/mol. The molecule has 2 aromatic carbocycles. The van der Waals surface area contributed by atoms with Crippen molar-refractivity contribution in [3.63, 3.8) is 0 Å². The van der Waals surface area contributed by atoms with Crippen LogP contribution in [0.3, 0.4) is 0 Å². The summed E-state index contributed by atoms with van der Waals surface area (Å²) in [6.45, 7) is 1.96. The highest BCUT2D eigenvalue weighted by atomic mass is 16.7. The molecular weight excluding hydrogens is 428 g/mol. The number of aliphatic hydroxyl groups excluding tert-OH is 4. The molecule has 4 rings (SSSR count). The highest BCUT2D eigenvalue weighted by Crippen LogP contribution is 2.33. The van der Waals surface area contributed by atoms with Gasteiger partial charge in [0.2, 0.25) is 12.2 Å². The topological polar surface area (TPSA) is 137 Å². The first-order valence-corrected chi connectivity index (χ1v) is 10.8. The second-order valence-electron chi connectivity index (χ2n) is 7.82. The van der Waals surface area contributed by atoms with E-state index in [0.29, 0.717) is 13.0 Å². The molecular formula is C24H28N2O7. The molecule has 3 aromatic rings. The number of nitrogens with zero attached hydrogens (tertiary/aromatic N) is 1. The van der Waals surface area contributed by atoms with Crippen molar-refractivity contribution in [2.45, 2.75) is 44.1 Å². The van der Waals surface area contributed by atoms with Gasteiger partial charge in [-0.2, -0.15) is 0 Å².